The van der Waals surface area contributed by atoms with E-state index in [9.17, 15) is 0 Å². The Morgan fingerprint density at radius 1 is 0.774 bits per heavy atom. The molecular weight excluding hydrogens is 443 g/mol. The average molecular weight is 498 g/mol. The second kappa shape index (κ2) is 9.10. The molecule has 0 spiro atoms. The third kappa shape index (κ3) is 5.24. The lowest BCUT2D eigenvalue weighted by Crippen LogP contribution is -2.88. The van der Waals surface area contributed by atoms with E-state index >= 15 is 0 Å². The van der Waals surface area contributed by atoms with Crippen molar-refractivity contribution in [1.82, 2.24) is 4.98 Å². The van der Waals surface area contributed by atoms with Gasteiger partial charge in [0, 0.05) is 0 Å². The largest absolute Gasteiger partial charge is 0.416 e. The molecule has 4 bridgehead atoms. The van der Waals surface area contributed by atoms with Crippen molar-refractivity contribution >= 4 is 30.8 Å². The maximum Gasteiger partial charge on any atom is 0.183 e. The summed E-state index contributed by atoms with van der Waals surface area (Å²) in [6.45, 7) is 27.4. The van der Waals surface area contributed by atoms with Gasteiger partial charge in [-0.2, -0.15) is 0 Å². The van der Waals surface area contributed by atoms with E-state index < -0.39 is 30.8 Å². The van der Waals surface area contributed by atoms with E-state index in [-0.39, 0.29) is 0 Å². The monoisotopic (exact) mass is 497 g/mol. The summed E-state index contributed by atoms with van der Waals surface area (Å²) in [6.07, 6.45) is 13.1. The maximum atomic E-state index is 7.61. The molecule has 31 heavy (non-hydrogen) atoms. The van der Waals surface area contributed by atoms with Gasteiger partial charge in [0.05, 0.1) is 20.9 Å². The van der Waals surface area contributed by atoms with Crippen molar-refractivity contribution < 1.29 is 4.43 Å². The van der Waals surface area contributed by atoms with E-state index in [2.05, 4.69) is 70.8 Å². The van der Waals surface area contributed by atoms with Crippen LogP contribution in [0.25, 0.3) is 0 Å². The van der Waals surface area contributed by atoms with E-state index in [4.69, 9.17) is 4.43 Å². The highest BCUT2D eigenvalue weighted by Gasteiger charge is 2.68. The van der Waals surface area contributed by atoms with Crippen LogP contribution >= 0.6 is 0 Å². The van der Waals surface area contributed by atoms with Crippen LogP contribution in [0.5, 0.6) is 0 Å². The summed E-state index contributed by atoms with van der Waals surface area (Å²) in [5, 5.41) is 0. The number of unbranched alkanes of at least 4 members (excludes halogenated alkanes) is 2. The Labute approximate surface area is 198 Å². The fourth-order valence-electron chi connectivity index (χ4n) is 8.72. The molecule has 1 atom stereocenters. The molecule has 4 saturated carbocycles. The number of hydrogen-bond acceptors (Lipinski definition) is 2. The van der Waals surface area contributed by atoms with Crippen LogP contribution in [0.3, 0.4) is 0 Å². The minimum absolute atomic E-state index is 0.500. The summed E-state index contributed by atoms with van der Waals surface area (Å²) >= 11 is 0. The van der Waals surface area contributed by atoms with Gasteiger partial charge in [-0.25, -0.2) is 0 Å². The predicted molar refractivity (Wildman–Crippen MR) is 149 cm³/mol. The van der Waals surface area contributed by atoms with Crippen LogP contribution in [0.15, 0.2) is 0 Å². The molecule has 1 N–H and O–H groups in total. The van der Waals surface area contributed by atoms with Gasteiger partial charge in [-0.1, -0.05) is 59.0 Å². The van der Waals surface area contributed by atoms with Crippen molar-refractivity contribution in [3.63, 3.8) is 0 Å². The summed E-state index contributed by atoms with van der Waals surface area (Å²) in [5.74, 6) is 3.03. The first-order valence-electron chi connectivity index (χ1n) is 13.6. The third-order valence-corrected chi connectivity index (χ3v) is 47.6. The zero-order chi connectivity index (χ0) is 23.3. The lowest BCUT2D eigenvalue weighted by atomic mass is 9.50. The molecule has 0 amide bonds. The summed E-state index contributed by atoms with van der Waals surface area (Å²) in [6, 6.07) is 0. The lowest BCUT2D eigenvalue weighted by Gasteiger charge is -2.66. The van der Waals surface area contributed by atoms with Gasteiger partial charge in [-0.15, -0.1) is 0 Å². The van der Waals surface area contributed by atoms with E-state index in [0.29, 0.717) is 11.1 Å². The van der Waals surface area contributed by atoms with Gasteiger partial charge >= 0.3 is 0 Å². The van der Waals surface area contributed by atoms with Crippen molar-refractivity contribution in [2.75, 3.05) is 6.54 Å². The zero-order valence-corrected chi connectivity index (χ0v) is 26.8. The molecule has 0 aromatic rings. The van der Waals surface area contributed by atoms with Gasteiger partial charge in [0.25, 0.3) is 0 Å². The molecule has 4 rings (SSSR count). The number of hydrogen-bond donors (Lipinski definition) is 1. The minimum Gasteiger partial charge on any atom is -0.416 e. The van der Waals surface area contributed by atoms with Crippen molar-refractivity contribution in [1.29, 1.82) is 0 Å². The Bertz CT molecular complexity index is 567. The van der Waals surface area contributed by atoms with Crippen molar-refractivity contribution in [3.05, 3.63) is 0 Å². The third-order valence-electron chi connectivity index (χ3n) is 9.06. The molecule has 0 radical (unpaired) electrons. The molecule has 0 heterocycles. The Balaban J connectivity index is 2.11. The zero-order valence-electron chi connectivity index (χ0n) is 22.8. The highest BCUT2D eigenvalue weighted by Crippen LogP contribution is 2.63. The SMILES string of the molecule is CCCCCN[Si](C(O[Si](C)(C)C)C12CC3CC(CC(C3)C1)C2)([Si](C)(C)C)[Si](C)(C)C. The van der Waals surface area contributed by atoms with Gasteiger partial charge in [-0.3, -0.25) is 0 Å². The standard InChI is InChI=1S/C25H55NOSi4/c1-11-12-13-14-26-31(29(5,6)7,30(8,9)10)24(27-28(2,3)4)25-18-21-15-22(19-25)17-23(16-21)20-25/h21-24,26H,11-20H2,1-10H3. The van der Waals surface area contributed by atoms with Crippen LogP contribution in [0.2, 0.25) is 58.9 Å². The molecule has 1 unspecified atom stereocenters. The molecule has 4 aliphatic rings. The fourth-order valence-corrected chi connectivity index (χ4v) is 56.9. The topological polar surface area (TPSA) is 21.3 Å². The van der Waals surface area contributed by atoms with Crippen molar-refractivity contribution in [2.45, 2.75) is 129 Å². The summed E-state index contributed by atoms with van der Waals surface area (Å²) in [7, 11) is -6.41. The molecule has 4 aliphatic carbocycles. The first kappa shape index (κ1) is 26.4. The minimum atomic E-state index is -1.83. The second-order valence-electron chi connectivity index (χ2n) is 14.8. The Kier molecular flexibility index (Phi) is 7.75. The van der Waals surface area contributed by atoms with Crippen LogP contribution in [0.1, 0.15) is 64.7 Å². The first-order chi connectivity index (χ1) is 14.1. The maximum absolute atomic E-state index is 7.61. The van der Waals surface area contributed by atoms with Gasteiger partial charge in [0.1, 0.15) is 7.27 Å². The Morgan fingerprint density at radius 3 is 1.58 bits per heavy atom. The second-order valence-corrected chi connectivity index (χ2v) is 46.0. The van der Waals surface area contributed by atoms with E-state index in [1.165, 1.54) is 64.3 Å². The predicted octanol–water partition coefficient (Wildman–Crippen LogP) is 7.52. The summed E-state index contributed by atoms with van der Waals surface area (Å²) < 4.78 is 7.61. The van der Waals surface area contributed by atoms with Crippen LogP contribution in [0.4, 0.5) is 0 Å². The molecular formula is C25H55NOSi4. The molecule has 0 aliphatic heterocycles. The van der Waals surface area contributed by atoms with Crippen molar-refractivity contribution in [3.8, 4) is 0 Å². The van der Waals surface area contributed by atoms with E-state index in [1.54, 1.807) is 0 Å². The summed E-state index contributed by atoms with van der Waals surface area (Å²) in [4.78, 5) is 4.56. The Hall–Kier alpha value is 0.788. The summed E-state index contributed by atoms with van der Waals surface area (Å²) in [5.41, 5.74) is 1.07. The molecule has 0 aromatic heterocycles. The fraction of sp³-hybridized carbons (Fsp3) is 1.00. The molecule has 2 nitrogen and oxygen atoms in total. The molecule has 0 aromatic carbocycles. The van der Waals surface area contributed by atoms with Crippen molar-refractivity contribution in [2.24, 2.45) is 23.2 Å². The highest BCUT2D eigenvalue weighted by atomic mass is 29.6. The first-order valence-corrected chi connectivity index (χ1v) is 28.0. The van der Waals surface area contributed by atoms with Crippen LogP contribution in [-0.4, -0.2) is 43.0 Å². The van der Waals surface area contributed by atoms with Crippen LogP contribution < -0.4 is 4.98 Å². The molecule has 4 fully saturated rings. The van der Waals surface area contributed by atoms with Gasteiger partial charge in [-0.05, 0) is 94.3 Å². The molecule has 0 saturated heterocycles. The van der Waals surface area contributed by atoms with Crippen LogP contribution in [0, 0.1) is 23.2 Å². The molecule has 6 heteroatoms. The smallest absolute Gasteiger partial charge is 0.183 e. The van der Waals surface area contributed by atoms with Gasteiger partial charge in [0.2, 0.25) is 0 Å². The van der Waals surface area contributed by atoms with Crippen LogP contribution in [-0.2, 0) is 4.43 Å². The quantitative estimate of drug-likeness (QED) is 0.235. The van der Waals surface area contributed by atoms with E-state index in [0.717, 1.165) is 17.8 Å². The molecule has 182 valence electrons. The van der Waals surface area contributed by atoms with Gasteiger partial charge < -0.3 is 9.41 Å². The van der Waals surface area contributed by atoms with Gasteiger partial charge in [0.15, 0.2) is 8.32 Å². The average Bonchev–Trinajstić information content (AvgIpc) is 2.56. The number of nitrogens with one attached hydrogen (secondary N) is 1. The lowest BCUT2D eigenvalue weighted by molar-refractivity contribution is -0.0919. The highest BCUT2D eigenvalue weighted by molar-refractivity contribution is 7.68. The normalized spacial score (nSPS) is 32.5. The Morgan fingerprint density at radius 2 is 1.23 bits per heavy atom. The number of rotatable bonds is 11. The van der Waals surface area contributed by atoms with E-state index in [1.807, 2.05) is 0 Å².